The van der Waals surface area contributed by atoms with Crippen molar-refractivity contribution in [2.75, 3.05) is 25.2 Å². The number of imide groups is 1. The summed E-state index contributed by atoms with van der Waals surface area (Å²) in [5.41, 5.74) is -0.942. The first-order valence-corrected chi connectivity index (χ1v) is 19.3. The molecular weight excluding hydrogens is 746 g/mol. The number of carbonyl (C=O) groups is 3. The summed E-state index contributed by atoms with van der Waals surface area (Å²) in [6.07, 6.45) is 4.30. The van der Waals surface area contributed by atoms with E-state index in [9.17, 15) is 27.2 Å². The topological polar surface area (TPSA) is 171 Å². The normalized spacial score (nSPS) is 12.8. The highest BCUT2D eigenvalue weighted by atomic mass is 32.2. The van der Waals surface area contributed by atoms with E-state index in [0.29, 0.717) is 27.3 Å². The van der Waals surface area contributed by atoms with Crippen molar-refractivity contribution in [2.24, 2.45) is 0 Å². The molecule has 0 unspecified atom stereocenters. The molecule has 0 aliphatic carbocycles. The molecule has 56 heavy (non-hydrogen) atoms. The van der Waals surface area contributed by atoms with Crippen LogP contribution in [0.4, 0.5) is 24.6 Å². The van der Waals surface area contributed by atoms with Gasteiger partial charge in [0.15, 0.2) is 21.4 Å². The SMILES string of the molecule is C=C(/C=C\C(=C/CF)CN(C)C(=O)OC(C)(C)C)c1cc(-c2cc(-c3ccc(S(=O)(=O)C(C)C)cn3)cnc2N(C(=O)OC(C)(C)C)C(=O)OC(C)(C)C)on1. The molecule has 3 rings (SSSR count). The highest BCUT2D eigenvalue weighted by Gasteiger charge is 2.36. The van der Waals surface area contributed by atoms with E-state index in [4.69, 9.17) is 18.7 Å². The van der Waals surface area contributed by atoms with Crippen molar-refractivity contribution >= 4 is 39.5 Å². The Kier molecular flexibility index (Phi) is 14.2. The fourth-order valence-electron chi connectivity index (χ4n) is 4.62. The van der Waals surface area contributed by atoms with Crippen LogP contribution in [0.5, 0.6) is 0 Å². The first-order chi connectivity index (χ1) is 25.7. The summed E-state index contributed by atoms with van der Waals surface area (Å²) >= 11 is 0. The number of aromatic nitrogens is 3. The number of carbonyl (C=O) groups excluding carboxylic acids is 3. The minimum atomic E-state index is -3.60. The Bertz CT molecular complexity index is 2060. The van der Waals surface area contributed by atoms with Gasteiger partial charge in [0.1, 0.15) is 29.2 Å². The Morgan fingerprint density at radius 2 is 1.45 bits per heavy atom. The molecule has 0 bridgehead atoms. The molecule has 3 amide bonds. The number of amides is 3. The van der Waals surface area contributed by atoms with Crippen LogP contribution in [0.2, 0.25) is 0 Å². The number of likely N-dealkylation sites (N-methyl/N-ethyl adjacent to an activating group) is 1. The van der Waals surface area contributed by atoms with Crippen LogP contribution in [0, 0.1) is 0 Å². The number of hydrogen-bond acceptors (Lipinski definition) is 12. The largest absolute Gasteiger partial charge is 0.444 e. The van der Waals surface area contributed by atoms with Crippen LogP contribution in [0.3, 0.4) is 0 Å². The number of allylic oxidation sites excluding steroid dienone is 3. The van der Waals surface area contributed by atoms with Crippen LogP contribution in [-0.2, 0) is 24.0 Å². The molecule has 3 heterocycles. The van der Waals surface area contributed by atoms with Gasteiger partial charge in [-0.25, -0.2) is 32.2 Å². The maximum atomic E-state index is 13.7. The molecule has 0 saturated carbocycles. The van der Waals surface area contributed by atoms with Gasteiger partial charge in [-0.3, -0.25) is 4.98 Å². The number of nitrogens with zero attached hydrogens (tertiary/aromatic N) is 5. The van der Waals surface area contributed by atoms with Crippen molar-refractivity contribution < 1.29 is 45.9 Å². The minimum absolute atomic E-state index is 0.0366. The van der Waals surface area contributed by atoms with Gasteiger partial charge in [-0.05, 0) is 112 Å². The Labute approximate surface area is 328 Å². The molecule has 304 valence electrons. The zero-order valence-electron chi connectivity index (χ0n) is 34.1. The predicted molar refractivity (Wildman–Crippen MR) is 211 cm³/mol. The number of anilines is 1. The van der Waals surface area contributed by atoms with Gasteiger partial charge in [0.25, 0.3) is 0 Å². The summed E-state index contributed by atoms with van der Waals surface area (Å²) in [6.45, 7) is 21.5. The number of hydrogen-bond donors (Lipinski definition) is 0. The van der Waals surface area contributed by atoms with Gasteiger partial charge in [-0.15, -0.1) is 0 Å². The van der Waals surface area contributed by atoms with Gasteiger partial charge < -0.3 is 23.6 Å². The van der Waals surface area contributed by atoms with Crippen LogP contribution in [0.15, 0.2) is 76.5 Å². The van der Waals surface area contributed by atoms with E-state index >= 15 is 0 Å². The Morgan fingerprint density at radius 3 is 1.95 bits per heavy atom. The summed E-state index contributed by atoms with van der Waals surface area (Å²) in [6, 6.07) is 5.98. The molecule has 0 spiro atoms. The molecule has 0 aromatic carbocycles. The van der Waals surface area contributed by atoms with Crippen LogP contribution >= 0.6 is 0 Å². The maximum Gasteiger partial charge on any atom is 0.425 e. The van der Waals surface area contributed by atoms with Gasteiger partial charge in [-0.1, -0.05) is 23.9 Å². The summed E-state index contributed by atoms with van der Waals surface area (Å²) in [7, 11) is -2.07. The zero-order valence-corrected chi connectivity index (χ0v) is 34.9. The van der Waals surface area contributed by atoms with Crippen molar-refractivity contribution in [1.29, 1.82) is 0 Å². The number of pyridine rings is 2. The van der Waals surface area contributed by atoms with Gasteiger partial charge in [-0.2, -0.15) is 4.90 Å². The average molecular weight is 798 g/mol. The van der Waals surface area contributed by atoms with Crippen molar-refractivity contribution in [3.8, 4) is 22.6 Å². The third kappa shape index (κ3) is 12.6. The number of ether oxygens (including phenoxy) is 3. The molecule has 0 radical (unpaired) electrons. The van der Waals surface area contributed by atoms with E-state index in [-0.39, 0.29) is 34.3 Å². The van der Waals surface area contributed by atoms with Crippen molar-refractivity contribution in [3.63, 3.8) is 0 Å². The van der Waals surface area contributed by atoms with Gasteiger partial charge in [0.05, 0.1) is 21.4 Å². The highest BCUT2D eigenvalue weighted by molar-refractivity contribution is 7.92. The molecule has 14 nitrogen and oxygen atoms in total. The quantitative estimate of drug-likeness (QED) is 0.133. The number of sulfone groups is 1. The minimum Gasteiger partial charge on any atom is -0.444 e. The zero-order chi connectivity index (χ0) is 42.4. The number of alkyl halides is 1. The summed E-state index contributed by atoms with van der Waals surface area (Å²) in [4.78, 5) is 50.7. The summed E-state index contributed by atoms with van der Waals surface area (Å²) < 4.78 is 61.2. The molecule has 16 heteroatoms. The van der Waals surface area contributed by atoms with E-state index in [0.717, 1.165) is 0 Å². The Balaban J connectivity index is 2.14. The predicted octanol–water partition coefficient (Wildman–Crippen LogP) is 8.99. The van der Waals surface area contributed by atoms with E-state index in [2.05, 4.69) is 21.7 Å². The van der Waals surface area contributed by atoms with E-state index < -0.39 is 56.8 Å². The Morgan fingerprint density at radius 1 is 0.875 bits per heavy atom. The highest BCUT2D eigenvalue weighted by Crippen LogP contribution is 2.36. The molecule has 0 fully saturated rings. The fraction of sp³-hybridized carbons (Fsp3) is 0.450. The van der Waals surface area contributed by atoms with E-state index in [1.807, 2.05) is 0 Å². The lowest BCUT2D eigenvalue weighted by Crippen LogP contribution is -2.44. The van der Waals surface area contributed by atoms with Gasteiger partial charge >= 0.3 is 18.3 Å². The second-order valence-corrected chi connectivity index (χ2v) is 18.6. The monoisotopic (exact) mass is 797 g/mol. The van der Waals surface area contributed by atoms with Gasteiger partial charge in [0.2, 0.25) is 0 Å². The number of rotatable bonds is 11. The molecule has 0 atom stereocenters. The van der Waals surface area contributed by atoms with E-state index in [1.165, 1.54) is 48.6 Å². The van der Waals surface area contributed by atoms with Gasteiger partial charge in [0, 0.05) is 37.6 Å². The Hall–Kier alpha value is -5.38. The molecule has 0 aliphatic rings. The summed E-state index contributed by atoms with van der Waals surface area (Å²) in [5, 5.41) is 3.49. The molecule has 0 aliphatic heterocycles. The lowest BCUT2D eigenvalue weighted by Gasteiger charge is -2.28. The summed E-state index contributed by atoms with van der Waals surface area (Å²) in [5.74, 6) is -0.183. The second kappa shape index (κ2) is 17.6. The lowest BCUT2D eigenvalue weighted by molar-refractivity contribution is 0.0312. The third-order valence-corrected chi connectivity index (χ3v) is 9.42. The standard InChI is InChI=1S/C40H52FN5O9S/c1-25(2)56(50,51)29-16-17-31(42-23-29)28-20-30(34(43-22-28)46(36(48)53-39(7,8)9)37(49)54-40(10,11)12)33-21-32(44-55-33)26(3)14-15-27(18-19-41)24-45(13)35(47)52-38(4,5)6/h14-18,20-23,25H,3,19,24H2,1-2,4-13H3/b15-14-,27-18+. The van der Waals surface area contributed by atoms with Crippen LogP contribution in [-0.4, -0.2) is 89.0 Å². The van der Waals surface area contributed by atoms with Crippen LogP contribution in [0.25, 0.3) is 28.2 Å². The molecule has 0 saturated heterocycles. The molecule has 3 aromatic heterocycles. The third-order valence-electron chi connectivity index (χ3n) is 7.28. The molecule has 3 aromatic rings. The lowest BCUT2D eigenvalue weighted by atomic mass is 10.1. The maximum absolute atomic E-state index is 13.7. The fourth-order valence-corrected chi connectivity index (χ4v) is 5.62. The van der Waals surface area contributed by atoms with E-state index in [1.54, 1.807) is 94.4 Å². The average Bonchev–Trinajstić information content (AvgIpc) is 3.55. The first-order valence-electron chi connectivity index (χ1n) is 17.7. The van der Waals surface area contributed by atoms with Crippen molar-refractivity contribution in [2.45, 2.75) is 103 Å². The van der Waals surface area contributed by atoms with Crippen molar-refractivity contribution in [3.05, 3.63) is 72.7 Å². The van der Waals surface area contributed by atoms with Crippen LogP contribution in [0.1, 0.15) is 81.9 Å². The smallest absolute Gasteiger partial charge is 0.425 e. The molecular formula is C40H52FN5O9S. The first kappa shape index (κ1) is 45.0. The molecule has 0 N–H and O–H groups in total. The number of halogens is 1. The van der Waals surface area contributed by atoms with Crippen molar-refractivity contribution in [1.82, 2.24) is 20.0 Å². The second-order valence-electron chi connectivity index (χ2n) is 16.1. The van der Waals surface area contributed by atoms with Crippen LogP contribution < -0.4 is 4.90 Å².